The molecule has 190 valence electrons. The zero-order valence-electron chi connectivity index (χ0n) is 21.9. The van der Waals surface area contributed by atoms with Crippen LogP contribution in [-0.2, 0) is 0 Å². The number of hydrogen-bond donors (Lipinski definition) is 1. The summed E-state index contributed by atoms with van der Waals surface area (Å²) in [5.74, 6) is 1.62. The second-order valence-corrected chi connectivity index (χ2v) is 9.89. The van der Waals surface area contributed by atoms with Gasteiger partial charge in [0.15, 0.2) is 6.17 Å². The van der Waals surface area contributed by atoms with Gasteiger partial charge in [0.25, 0.3) is 0 Å². The molecule has 6 aromatic rings. The molecule has 0 radical (unpaired) electrons. The van der Waals surface area contributed by atoms with Crippen LogP contribution in [0.3, 0.4) is 0 Å². The topological polar surface area (TPSA) is 36.8 Å². The van der Waals surface area contributed by atoms with Crippen molar-refractivity contribution in [2.75, 3.05) is 0 Å². The number of amidine groups is 2. The van der Waals surface area contributed by atoms with E-state index in [1.54, 1.807) is 0 Å². The van der Waals surface area contributed by atoms with E-state index < -0.39 is 0 Å². The van der Waals surface area contributed by atoms with Gasteiger partial charge in [0, 0.05) is 16.7 Å². The van der Waals surface area contributed by atoms with Crippen LogP contribution in [-0.4, -0.2) is 11.7 Å². The molecule has 0 aromatic heterocycles. The van der Waals surface area contributed by atoms with Crippen molar-refractivity contribution < 1.29 is 0 Å². The molecular formula is C37H27N3. The Kier molecular flexibility index (Phi) is 6.23. The maximum absolute atomic E-state index is 5.19. The quantitative estimate of drug-likeness (QED) is 0.246. The minimum absolute atomic E-state index is 0.358. The first-order chi connectivity index (χ1) is 19.8. The molecular weight excluding hydrogens is 486 g/mol. The van der Waals surface area contributed by atoms with Crippen molar-refractivity contribution in [3.8, 4) is 22.3 Å². The van der Waals surface area contributed by atoms with E-state index in [2.05, 4.69) is 133 Å². The number of nitrogens with zero attached hydrogens (tertiary/aromatic N) is 2. The van der Waals surface area contributed by atoms with Crippen molar-refractivity contribution in [3.63, 3.8) is 0 Å². The van der Waals surface area contributed by atoms with Crippen LogP contribution < -0.4 is 5.32 Å². The normalized spacial score (nSPS) is 14.8. The monoisotopic (exact) mass is 513 g/mol. The highest BCUT2D eigenvalue weighted by atomic mass is 15.2. The zero-order chi connectivity index (χ0) is 26.7. The number of nitrogens with one attached hydrogen (secondary N) is 1. The fraction of sp³-hybridized carbons (Fsp3) is 0.0270. The first kappa shape index (κ1) is 23.8. The van der Waals surface area contributed by atoms with Gasteiger partial charge >= 0.3 is 0 Å². The maximum Gasteiger partial charge on any atom is 0.169 e. The van der Waals surface area contributed by atoms with Gasteiger partial charge < -0.3 is 5.32 Å². The Labute approximate surface area is 234 Å². The summed E-state index contributed by atoms with van der Waals surface area (Å²) in [5.41, 5.74) is 7.78. The number of benzene rings is 6. The van der Waals surface area contributed by atoms with Crippen molar-refractivity contribution >= 4 is 22.4 Å². The predicted octanol–water partition coefficient (Wildman–Crippen LogP) is 8.67. The van der Waals surface area contributed by atoms with Crippen molar-refractivity contribution in [2.45, 2.75) is 6.17 Å². The summed E-state index contributed by atoms with van der Waals surface area (Å²) < 4.78 is 0. The third kappa shape index (κ3) is 4.59. The average molecular weight is 514 g/mol. The van der Waals surface area contributed by atoms with E-state index in [1.165, 1.54) is 16.3 Å². The molecule has 1 unspecified atom stereocenters. The summed E-state index contributed by atoms with van der Waals surface area (Å²) >= 11 is 0. The van der Waals surface area contributed by atoms with Gasteiger partial charge in [-0.2, -0.15) is 0 Å². The molecule has 3 nitrogen and oxygen atoms in total. The molecule has 1 aliphatic heterocycles. The van der Waals surface area contributed by atoms with E-state index in [0.29, 0.717) is 0 Å². The molecule has 1 heterocycles. The second-order valence-electron chi connectivity index (χ2n) is 9.89. The van der Waals surface area contributed by atoms with Gasteiger partial charge in [-0.1, -0.05) is 146 Å². The number of hydrogen-bond acceptors (Lipinski definition) is 3. The number of rotatable bonds is 5. The highest BCUT2D eigenvalue weighted by Crippen LogP contribution is 2.34. The lowest BCUT2D eigenvalue weighted by atomic mass is 9.92. The Morgan fingerprint density at radius 3 is 1.82 bits per heavy atom. The van der Waals surface area contributed by atoms with E-state index in [4.69, 9.17) is 9.98 Å². The fourth-order valence-corrected chi connectivity index (χ4v) is 5.37. The minimum Gasteiger partial charge on any atom is -0.324 e. The summed E-state index contributed by atoms with van der Waals surface area (Å²) in [5, 5.41) is 6.04. The SMILES string of the molecule is c1ccc(-c2cccc(C3=NC(c4ccccc4)N=C(c4ccc5ccccc5c4-c4ccccc4)N3)c2)cc1. The molecule has 40 heavy (non-hydrogen) atoms. The van der Waals surface area contributed by atoms with Crippen LogP contribution >= 0.6 is 0 Å². The van der Waals surface area contributed by atoms with Crippen LogP contribution in [0, 0.1) is 0 Å². The van der Waals surface area contributed by atoms with E-state index in [0.717, 1.165) is 45.1 Å². The van der Waals surface area contributed by atoms with E-state index in [1.807, 2.05) is 24.3 Å². The summed E-state index contributed by atoms with van der Waals surface area (Å²) in [6.07, 6.45) is -0.358. The standard InChI is InChI=1S/C37H27N3/c1-4-13-26(14-5-1)30-20-12-21-31(25-30)36-38-35(29-18-8-3-9-19-29)39-37(40-36)33-24-23-27-15-10-11-22-32(27)34(33)28-16-6-2-7-17-28/h1-25,35H,(H,38,39,40). The van der Waals surface area contributed by atoms with Crippen LogP contribution in [0.2, 0.25) is 0 Å². The molecule has 0 saturated heterocycles. The van der Waals surface area contributed by atoms with E-state index >= 15 is 0 Å². The largest absolute Gasteiger partial charge is 0.324 e. The van der Waals surface area contributed by atoms with E-state index in [9.17, 15) is 0 Å². The van der Waals surface area contributed by atoms with E-state index in [-0.39, 0.29) is 6.17 Å². The lowest BCUT2D eigenvalue weighted by Crippen LogP contribution is -2.36. The first-order valence-electron chi connectivity index (χ1n) is 13.5. The van der Waals surface area contributed by atoms with Gasteiger partial charge in [-0.05, 0) is 39.1 Å². The van der Waals surface area contributed by atoms with Crippen LogP contribution in [0.25, 0.3) is 33.0 Å². The maximum atomic E-state index is 5.19. The Balaban J connectivity index is 1.39. The summed E-state index contributed by atoms with van der Waals surface area (Å²) in [6, 6.07) is 52.8. The van der Waals surface area contributed by atoms with Crippen LogP contribution in [0.15, 0.2) is 162 Å². The molecule has 0 bridgehead atoms. The number of aliphatic imine (C=N–C) groups is 2. The van der Waals surface area contributed by atoms with Crippen LogP contribution in [0.5, 0.6) is 0 Å². The Bertz CT molecular complexity index is 1860. The van der Waals surface area contributed by atoms with Gasteiger partial charge in [0.1, 0.15) is 11.7 Å². The minimum atomic E-state index is -0.358. The fourth-order valence-electron chi connectivity index (χ4n) is 5.37. The molecule has 1 N–H and O–H groups in total. The molecule has 6 aromatic carbocycles. The smallest absolute Gasteiger partial charge is 0.169 e. The van der Waals surface area contributed by atoms with Crippen LogP contribution in [0.1, 0.15) is 22.9 Å². The number of fused-ring (bicyclic) bond motifs is 1. The van der Waals surface area contributed by atoms with Gasteiger partial charge in [-0.25, -0.2) is 9.98 Å². The molecule has 0 aliphatic carbocycles. The first-order valence-corrected chi connectivity index (χ1v) is 13.5. The molecule has 7 rings (SSSR count). The van der Waals surface area contributed by atoms with Gasteiger partial charge in [0.05, 0.1) is 0 Å². The zero-order valence-corrected chi connectivity index (χ0v) is 21.9. The Morgan fingerprint density at radius 1 is 0.450 bits per heavy atom. The van der Waals surface area contributed by atoms with Gasteiger partial charge in [0.2, 0.25) is 0 Å². The van der Waals surface area contributed by atoms with Crippen molar-refractivity contribution in [1.29, 1.82) is 0 Å². The summed E-state index contributed by atoms with van der Waals surface area (Å²) in [6.45, 7) is 0. The lowest BCUT2D eigenvalue weighted by molar-refractivity contribution is 0.756. The molecule has 0 amide bonds. The highest BCUT2D eigenvalue weighted by Gasteiger charge is 2.23. The molecule has 0 spiro atoms. The summed E-state index contributed by atoms with van der Waals surface area (Å²) in [7, 11) is 0. The molecule has 3 heteroatoms. The third-order valence-electron chi connectivity index (χ3n) is 7.33. The third-order valence-corrected chi connectivity index (χ3v) is 7.33. The second kappa shape index (κ2) is 10.5. The molecule has 1 aliphatic rings. The van der Waals surface area contributed by atoms with Crippen molar-refractivity contribution in [1.82, 2.24) is 5.32 Å². The molecule has 1 atom stereocenters. The summed E-state index contributed by atoms with van der Waals surface area (Å²) in [4.78, 5) is 10.3. The van der Waals surface area contributed by atoms with Crippen molar-refractivity contribution in [3.05, 3.63) is 168 Å². The van der Waals surface area contributed by atoms with Gasteiger partial charge in [-0.15, -0.1) is 0 Å². The predicted molar refractivity (Wildman–Crippen MR) is 167 cm³/mol. The van der Waals surface area contributed by atoms with Crippen LogP contribution in [0.4, 0.5) is 0 Å². The van der Waals surface area contributed by atoms with Crippen molar-refractivity contribution in [2.24, 2.45) is 9.98 Å². The molecule has 0 saturated carbocycles. The average Bonchev–Trinajstić information content (AvgIpc) is 3.05. The highest BCUT2D eigenvalue weighted by molar-refractivity contribution is 6.20. The Morgan fingerprint density at radius 2 is 1.05 bits per heavy atom. The lowest BCUT2D eigenvalue weighted by Gasteiger charge is -2.24. The van der Waals surface area contributed by atoms with Gasteiger partial charge in [-0.3, -0.25) is 0 Å². The molecule has 0 fully saturated rings. The Hall–Kier alpha value is -5.28.